The Morgan fingerprint density at radius 3 is 2.33 bits per heavy atom. The molecule has 0 aromatic heterocycles. The number of rotatable bonds is 1. The Kier molecular flexibility index (Phi) is 3.32. The molecule has 0 N–H and O–H groups in total. The van der Waals surface area contributed by atoms with Crippen molar-refractivity contribution in [1.82, 2.24) is 0 Å². The Bertz CT molecular complexity index is 352. The molecule has 1 fully saturated rings. The fraction of sp³-hybridized carbons (Fsp3) is 0.867. The minimum Gasteiger partial charge on any atom is -0.344 e. The van der Waals surface area contributed by atoms with E-state index < -0.39 is 13.9 Å². The summed E-state index contributed by atoms with van der Waals surface area (Å²) >= 11 is 0. The fourth-order valence-electron chi connectivity index (χ4n) is 2.97. The Hall–Kier alpha value is -0.123. The molecule has 1 aliphatic heterocycles. The summed E-state index contributed by atoms with van der Waals surface area (Å²) in [6, 6.07) is 0. The molecule has 18 heavy (non-hydrogen) atoms. The summed E-state index contributed by atoms with van der Waals surface area (Å²) in [6.45, 7) is 16.2. The van der Waals surface area contributed by atoms with Crippen LogP contribution in [0.1, 0.15) is 41.0 Å². The first kappa shape index (κ1) is 14.3. The maximum atomic E-state index is 6.21. The maximum absolute atomic E-state index is 6.21. The zero-order chi connectivity index (χ0) is 13.8. The van der Waals surface area contributed by atoms with Crippen LogP contribution in [0.3, 0.4) is 0 Å². The van der Waals surface area contributed by atoms with Crippen molar-refractivity contribution >= 4 is 8.07 Å². The summed E-state index contributed by atoms with van der Waals surface area (Å²) in [6.07, 6.45) is 6.22. The predicted octanol–water partition coefficient (Wildman–Crippen LogP) is 4.35. The third-order valence-electron chi connectivity index (χ3n) is 5.05. The van der Waals surface area contributed by atoms with Crippen LogP contribution in [0.15, 0.2) is 12.2 Å². The molecule has 1 heterocycles. The first-order valence-electron chi connectivity index (χ1n) is 7.07. The van der Waals surface area contributed by atoms with Crippen LogP contribution in [0.5, 0.6) is 0 Å². The summed E-state index contributed by atoms with van der Waals surface area (Å²) in [7, 11) is -1.44. The monoisotopic (exact) mass is 268 g/mol. The third-order valence-corrected chi connectivity index (χ3v) is 11.1. The van der Waals surface area contributed by atoms with E-state index in [4.69, 9.17) is 9.47 Å². The molecule has 2 rings (SSSR count). The molecule has 2 nitrogen and oxygen atoms in total. The summed E-state index contributed by atoms with van der Waals surface area (Å²) in [5.41, 5.74) is 0.554. The molecular weight excluding hydrogens is 240 g/mol. The SMILES string of the molecule is CC1(C)O[C@H]2[C@H]([Si](C)(C)C(C)(C)C)C=CC[C@H]2O1. The first-order chi connectivity index (χ1) is 8.05. The van der Waals surface area contributed by atoms with E-state index in [0.717, 1.165) is 6.42 Å². The average Bonchev–Trinajstić information content (AvgIpc) is 2.48. The van der Waals surface area contributed by atoms with Gasteiger partial charge in [-0.05, 0) is 25.3 Å². The van der Waals surface area contributed by atoms with Crippen molar-refractivity contribution in [1.29, 1.82) is 0 Å². The normalized spacial score (nSPS) is 35.6. The number of fused-ring (bicyclic) bond motifs is 1. The minimum atomic E-state index is -1.44. The minimum absolute atomic E-state index is 0.254. The van der Waals surface area contributed by atoms with Crippen molar-refractivity contribution < 1.29 is 9.47 Å². The van der Waals surface area contributed by atoms with E-state index in [-0.39, 0.29) is 12.2 Å². The van der Waals surface area contributed by atoms with Crippen LogP contribution in [-0.2, 0) is 9.47 Å². The Morgan fingerprint density at radius 1 is 1.17 bits per heavy atom. The lowest BCUT2D eigenvalue weighted by molar-refractivity contribution is -0.145. The fourth-order valence-corrected chi connectivity index (χ4v) is 5.69. The van der Waals surface area contributed by atoms with E-state index in [1.807, 2.05) is 13.8 Å². The third kappa shape index (κ3) is 2.32. The first-order valence-corrected chi connectivity index (χ1v) is 10.1. The highest BCUT2D eigenvalue weighted by Gasteiger charge is 2.53. The van der Waals surface area contributed by atoms with Gasteiger partial charge in [-0.15, -0.1) is 0 Å². The van der Waals surface area contributed by atoms with Crippen LogP contribution >= 0.6 is 0 Å². The molecule has 0 amide bonds. The standard InChI is InChI=1S/C15H28O2Si/c1-14(2,3)18(6,7)12-10-8-9-11-13(12)17-15(4,5)16-11/h8,10-13H,9H2,1-7H3/t11-,12-,13-/m1/s1. The van der Waals surface area contributed by atoms with Crippen LogP contribution < -0.4 is 0 Å². The highest BCUT2D eigenvalue weighted by atomic mass is 28.3. The van der Waals surface area contributed by atoms with Crippen molar-refractivity contribution in [2.75, 3.05) is 0 Å². The Balaban J connectivity index is 2.29. The van der Waals surface area contributed by atoms with Gasteiger partial charge < -0.3 is 9.47 Å². The van der Waals surface area contributed by atoms with Gasteiger partial charge in [0.15, 0.2) is 5.79 Å². The molecule has 0 aromatic carbocycles. The van der Waals surface area contributed by atoms with Crippen LogP contribution in [0.25, 0.3) is 0 Å². The molecule has 0 radical (unpaired) electrons. The van der Waals surface area contributed by atoms with E-state index >= 15 is 0 Å². The highest BCUT2D eigenvalue weighted by Crippen LogP contribution is 2.51. The molecule has 0 bridgehead atoms. The largest absolute Gasteiger partial charge is 0.344 e. The van der Waals surface area contributed by atoms with Gasteiger partial charge in [-0.3, -0.25) is 0 Å². The van der Waals surface area contributed by atoms with Crippen molar-refractivity contribution in [3.05, 3.63) is 12.2 Å². The zero-order valence-corrected chi connectivity index (χ0v) is 13.9. The molecule has 0 saturated carbocycles. The van der Waals surface area contributed by atoms with E-state index in [1.54, 1.807) is 0 Å². The molecule has 1 aliphatic carbocycles. The molecule has 2 aliphatic rings. The van der Waals surface area contributed by atoms with Gasteiger partial charge in [0.05, 0.1) is 20.3 Å². The topological polar surface area (TPSA) is 18.5 Å². The molecule has 3 heteroatoms. The van der Waals surface area contributed by atoms with E-state index in [2.05, 4.69) is 46.0 Å². The molecule has 104 valence electrons. The van der Waals surface area contributed by atoms with Crippen molar-refractivity contribution in [3.63, 3.8) is 0 Å². The molecule has 0 unspecified atom stereocenters. The second-order valence-electron chi connectivity index (χ2n) is 7.80. The van der Waals surface area contributed by atoms with Crippen LogP contribution in [-0.4, -0.2) is 26.1 Å². The van der Waals surface area contributed by atoms with Gasteiger partial charge in [0.2, 0.25) is 0 Å². The molecule has 0 aromatic rings. The lowest BCUT2D eigenvalue weighted by Crippen LogP contribution is -2.49. The molecule has 1 saturated heterocycles. The number of hydrogen-bond acceptors (Lipinski definition) is 2. The van der Waals surface area contributed by atoms with Crippen molar-refractivity contribution in [3.8, 4) is 0 Å². The lowest BCUT2D eigenvalue weighted by atomic mass is 10.0. The molecular formula is C15H28O2Si. The second kappa shape index (κ2) is 4.19. The zero-order valence-electron chi connectivity index (χ0n) is 12.9. The van der Waals surface area contributed by atoms with Gasteiger partial charge >= 0.3 is 0 Å². The summed E-state index contributed by atoms with van der Waals surface area (Å²) in [5, 5.41) is 0.375. The number of ether oxygens (including phenoxy) is 2. The van der Waals surface area contributed by atoms with Gasteiger partial charge in [0.1, 0.15) is 0 Å². The highest BCUT2D eigenvalue weighted by molar-refractivity contribution is 6.82. The second-order valence-corrected chi connectivity index (χ2v) is 13.4. The van der Waals surface area contributed by atoms with Gasteiger partial charge in [0.25, 0.3) is 0 Å². The molecule has 3 atom stereocenters. The molecule has 0 spiro atoms. The predicted molar refractivity (Wildman–Crippen MR) is 78.5 cm³/mol. The quantitative estimate of drug-likeness (QED) is 0.520. The Labute approximate surface area is 113 Å². The smallest absolute Gasteiger partial charge is 0.163 e. The van der Waals surface area contributed by atoms with Crippen LogP contribution in [0.4, 0.5) is 0 Å². The van der Waals surface area contributed by atoms with Gasteiger partial charge in [-0.1, -0.05) is 46.0 Å². The van der Waals surface area contributed by atoms with Gasteiger partial charge in [-0.2, -0.15) is 0 Å². The summed E-state index contributed by atoms with van der Waals surface area (Å²) in [4.78, 5) is 0. The van der Waals surface area contributed by atoms with E-state index in [9.17, 15) is 0 Å². The van der Waals surface area contributed by atoms with Gasteiger partial charge in [0, 0.05) is 5.54 Å². The van der Waals surface area contributed by atoms with Gasteiger partial charge in [-0.25, -0.2) is 0 Å². The lowest BCUT2D eigenvalue weighted by Gasteiger charge is -2.46. The maximum Gasteiger partial charge on any atom is 0.163 e. The van der Waals surface area contributed by atoms with Crippen LogP contribution in [0, 0.1) is 0 Å². The van der Waals surface area contributed by atoms with E-state index in [1.165, 1.54) is 0 Å². The van der Waals surface area contributed by atoms with Crippen molar-refractivity contribution in [2.45, 2.75) is 82.7 Å². The summed E-state index contributed by atoms with van der Waals surface area (Å²) < 4.78 is 12.2. The number of hydrogen-bond donors (Lipinski definition) is 0. The summed E-state index contributed by atoms with van der Waals surface area (Å²) in [5.74, 6) is -0.415. The Morgan fingerprint density at radius 2 is 1.78 bits per heavy atom. The van der Waals surface area contributed by atoms with Crippen molar-refractivity contribution in [2.24, 2.45) is 0 Å². The van der Waals surface area contributed by atoms with E-state index in [0.29, 0.717) is 10.6 Å². The van der Waals surface area contributed by atoms with Crippen LogP contribution in [0.2, 0.25) is 23.7 Å². The average molecular weight is 268 g/mol.